The minimum Gasteiger partial charge on any atom is -0.508 e. The Kier molecular flexibility index (Phi) is 3.35. The number of fused-ring (bicyclic) bond motifs is 1. The van der Waals surface area contributed by atoms with Crippen LogP contribution in [0.15, 0.2) is 85.1 Å². The van der Waals surface area contributed by atoms with E-state index >= 15 is 0 Å². The van der Waals surface area contributed by atoms with E-state index in [1.807, 2.05) is 18.2 Å². The molecule has 0 aliphatic carbocycles. The predicted molar refractivity (Wildman–Crippen MR) is 94.6 cm³/mol. The summed E-state index contributed by atoms with van der Waals surface area (Å²) < 4.78 is 2.22. The number of hydrogen-bond donors (Lipinski definition) is 1. The van der Waals surface area contributed by atoms with Crippen LogP contribution in [0.4, 0.5) is 0 Å². The van der Waals surface area contributed by atoms with E-state index in [4.69, 9.17) is 0 Å². The Bertz CT molecular complexity index is 954. The lowest BCUT2D eigenvalue weighted by Gasteiger charge is -2.12. The number of phenols is 1. The van der Waals surface area contributed by atoms with Crippen molar-refractivity contribution in [1.82, 2.24) is 4.57 Å². The van der Waals surface area contributed by atoms with E-state index < -0.39 is 0 Å². The van der Waals surface area contributed by atoms with Crippen LogP contribution in [0.3, 0.4) is 0 Å². The fraction of sp³-hybridized carbons (Fsp3) is 0.0476. The van der Waals surface area contributed by atoms with Gasteiger partial charge in [0.1, 0.15) is 5.75 Å². The van der Waals surface area contributed by atoms with Gasteiger partial charge in [-0.25, -0.2) is 0 Å². The van der Waals surface area contributed by atoms with E-state index in [1.54, 1.807) is 12.1 Å². The molecule has 1 heterocycles. The van der Waals surface area contributed by atoms with Gasteiger partial charge in [-0.2, -0.15) is 0 Å². The van der Waals surface area contributed by atoms with Gasteiger partial charge in [0.2, 0.25) is 0 Å². The normalized spacial score (nSPS) is 11.0. The van der Waals surface area contributed by atoms with E-state index in [0.29, 0.717) is 5.75 Å². The van der Waals surface area contributed by atoms with Gasteiger partial charge in [-0.3, -0.25) is 0 Å². The molecule has 0 aliphatic heterocycles. The topological polar surface area (TPSA) is 25.2 Å². The maximum absolute atomic E-state index is 9.61. The molecule has 112 valence electrons. The van der Waals surface area contributed by atoms with Crippen molar-refractivity contribution < 1.29 is 5.11 Å². The van der Waals surface area contributed by atoms with Crippen molar-refractivity contribution >= 4 is 10.9 Å². The van der Waals surface area contributed by atoms with Gasteiger partial charge < -0.3 is 9.67 Å². The van der Waals surface area contributed by atoms with E-state index in [-0.39, 0.29) is 0 Å². The van der Waals surface area contributed by atoms with Crippen LogP contribution in [0.25, 0.3) is 22.0 Å². The van der Waals surface area contributed by atoms with Gasteiger partial charge >= 0.3 is 0 Å². The molecule has 4 rings (SSSR count). The smallest absolute Gasteiger partial charge is 0.116 e. The Balaban J connectivity index is 1.77. The molecule has 2 heteroatoms. The molecule has 1 aromatic heterocycles. The Morgan fingerprint density at radius 1 is 0.783 bits per heavy atom. The lowest BCUT2D eigenvalue weighted by Crippen LogP contribution is -1.99. The van der Waals surface area contributed by atoms with E-state index in [9.17, 15) is 5.11 Å². The molecule has 1 N–H and O–H groups in total. The van der Waals surface area contributed by atoms with Crippen molar-refractivity contribution in [3.05, 3.63) is 90.6 Å². The van der Waals surface area contributed by atoms with Crippen molar-refractivity contribution in [2.75, 3.05) is 0 Å². The molecule has 2 nitrogen and oxygen atoms in total. The Morgan fingerprint density at radius 3 is 2.43 bits per heavy atom. The Morgan fingerprint density at radius 2 is 1.57 bits per heavy atom. The van der Waals surface area contributed by atoms with Crippen LogP contribution in [-0.4, -0.2) is 9.67 Å². The molecule has 3 aromatic carbocycles. The number of hydrogen-bond acceptors (Lipinski definition) is 1. The zero-order valence-corrected chi connectivity index (χ0v) is 12.7. The summed E-state index contributed by atoms with van der Waals surface area (Å²) in [6.45, 7) is 0.805. The zero-order chi connectivity index (χ0) is 15.6. The maximum Gasteiger partial charge on any atom is 0.116 e. The van der Waals surface area contributed by atoms with E-state index in [1.165, 1.54) is 16.7 Å². The summed E-state index contributed by atoms with van der Waals surface area (Å²) in [5.41, 5.74) is 4.90. The third-order valence-electron chi connectivity index (χ3n) is 4.20. The average Bonchev–Trinajstić information content (AvgIpc) is 2.98. The molecule has 0 fully saturated rings. The molecule has 0 atom stereocenters. The Hall–Kier alpha value is -3.00. The first-order valence-electron chi connectivity index (χ1n) is 7.72. The van der Waals surface area contributed by atoms with Crippen LogP contribution in [0, 0.1) is 0 Å². The molecule has 0 amide bonds. The number of rotatable bonds is 3. The largest absolute Gasteiger partial charge is 0.508 e. The minimum absolute atomic E-state index is 0.305. The number of nitrogens with zero attached hydrogens (tertiary/aromatic N) is 1. The van der Waals surface area contributed by atoms with Crippen molar-refractivity contribution in [1.29, 1.82) is 0 Å². The monoisotopic (exact) mass is 299 g/mol. The predicted octanol–water partition coefficient (Wildman–Crippen LogP) is 5.06. The van der Waals surface area contributed by atoms with Crippen LogP contribution >= 0.6 is 0 Å². The SMILES string of the molecule is Oc1ccc2c(ccn2Cc2ccccc2-c2ccccc2)c1. The van der Waals surface area contributed by atoms with Crippen LogP contribution in [-0.2, 0) is 6.54 Å². The summed E-state index contributed by atoms with van der Waals surface area (Å²) >= 11 is 0. The van der Waals surface area contributed by atoms with Gasteiger partial charge in [0.25, 0.3) is 0 Å². The summed E-state index contributed by atoms with van der Waals surface area (Å²) in [7, 11) is 0. The molecule has 0 saturated carbocycles. The first-order chi connectivity index (χ1) is 11.3. The first kappa shape index (κ1) is 13.6. The molecular formula is C21H17NO. The summed E-state index contributed by atoms with van der Waals surface area (Å²) in [5, 5.41) is 10.7. The molecule has 0 aliphatic rings. The molecule has 0 bridgehead atoms. The first-order valence-corrected chi connectivity index (χ1v) is 7.72. The third-order valence-corrected chi connectivity index (χ3v) is 4.20. The molecular weight excluding hydrogens is 282 g/mol. The molecule has 0 radical (unpaired) electrons. The average molecular weight is 299 g/mol. The third kappa shape index (κ3) is 2.59. The van der Waals surface area contributed by atoms with Gasteiger partial charge in [0, 0.05) is 23.6 Å². The maximum atomic E-state index is 9.61. The lowest BCUT2D eigenvalue weighted by molar-refractivity contribution is 0.476. The minimum atomic E-state index is 0.305. The highest BCUT2D eigenvalue weighted by atomic mass is 16.3. The standard InChI is InChI=1S/C21H17NO/c23-19-10-11-21-17(14-19)12-13-22(21)15-18-8-4-5-9-20(18)16-6-2-1-3-7-16/h1-14,23H,15H2. The quantitative estimate of drug-likeness (QED) is 0.562. The van der Waals surface area contributed by atoms with Crippen molar-refractivity contribution in [3.8, 4) is 16.9 Å². The summed E-state index contributed by atoms with van der Waals surface area (Å²) in [4.78, 5) is 0. The van der Waals surface area contributed by atoms with Gasteiger partial charge in [0.15, 0.2) is 0 Å². The fourth-order valence-corrected chi connectivity index (χ4v) is 3.07. The van der Waals surface area contributed by atoms with Crippen LogP contribution in [0.1, 0.15) is 5.56 Å². The molecule has 0 unspecified atom stereocenters. The molecule has 0 saturated heterocycles. The van der Waals surface area contributed by atoms with E-state index in [0.717, 1.165) is 17.4 Å². The second kappa shape index (κ2) is 5.65. The molecule has 0 spiro atoms. The van der Waals surface area contributed by atoms with Gasteiger partial charge in [-0.05, 0) is 41.0 Å². The van der Waals surface area contributed by atoms with Crippen molar-refractivity contribution in [3.63, 3.8) is 0 Å². The highest BCUT2D eigenvalue weighted by Crippen LogP contribution is 2.26. The number of phenolic OH excluding ortho intramolecular Hbond substituents is 1. The fourth-order valence-electron chi connectivity index (χ4n) is 3.07. The highest BCUT2D eigenvalue weighted by Gasteiger charge is 2.07. The molecule has 4 aromatic rings. The summed E-state index contributed by atoms with van der Waals surface area (Å²) in [5.74, 6) is 0.305. The van der Waals surface area contributed by atoms with Gasteiger partial charge in [0.05, 0.1) is 0 Å². The van der Waals surface area contributed by atoms with E-state index in [2.05, 4.69) is 59.3 Å². The van der Waals surface area contributed by atoms with Crippen LogP contribution in [0.2, 0.25) is 0 Å². The van der Waals surface area contributed by atoms with Crippen molar-refractivity contribution in [2.45, 2.75) is 6.54 Å². The number of aromatic hydroxyl groups is 1. The highest BCUT2D eigenvalue weighted by molar-refractivity contribution is 5.81. The number of benzene rings is 3. The van der Waals surface area contributed by atoms with Gasteiger partial charge in [-0.1, -0.05) is 54.6 Å². The second-order valence-electron chi connectivity index (χ2n) is 5.71. The summed E-state index contributed by atoms with van der Waals surface area (Å²) in [6, 6.07) is 26.5. The van der Waals surface area contributed by atoms with Crippen molar-refractivity contribution in [2.24, 2.45) is 0 Å². The lowest BCUT2D eigenvalue weighted by atomic mass is 10.00. The second-order valence-corrected chi connectivity index (χ2v) is 5.71. The van der Waals surface area contributed by atoms with Crippen LogP contribution < -0.4 is 0 Å². The summed E-state index contributed by atoms with van der Waals surface area (Å²) in [6.07, 6.45) is 2.08. The number of aromatic nitrogens is 1. The van der Waals surface area contributed by atoms with Crippen LogP contribution in [0.5, 0.6) is 5.75 Å². The zero-order valence-electron chi connectivity index (χ0n) is 12.7. The molecule has 23 heavy (non-hydrogen) atoms. The Labute approximate surface area is 135 Å². The van der Waals surface area contributed by atoms with Gasteiger partial charge in [-0.15, -0.1) is 0 Å².